The Morgan fingerprint density at radius 2 is 1.81 bits per heavy atom. The second-order valence-electron chi connectivity index (χ2n) is 7.22. The van der Waals surface area contributed by atoms with E-state index in [0.717, 1.165) is 23.1 Å². The molecule has 0 heterocycles. The summed E-state index contributed by atoms with van der Waals surface area (Å²) in [4.78, 5) is 23.8. The Balaban J connectivity index is 1.87. The van der Waals surface area contributed by atoms with E-state index in [1.54, 1.807) is 31.2 Å². The summed E-state index contributed by atoms with van der Waals surface area (Å²) in [5.41, 5.74) is 3.14. The zero-order valence-electron chi connectivity index (χ0n) is 17.4. The minimum absolute atomic E-state index is 0.0214. The van der Waals surface area contributed by atoms with E-state index < -0.39 is 17.7 Å². The topological polar surface area (TPSA) is 75.6 Å². The van der Waals surface area contributed by atoms with Gasteiger partial charge in [-0.2, -0.15) is 0 Å². The average molecular weight is 421 g/mol. The van der Waals surface area contributed by atoms with Crippen molar-refractivity contribution in [2.75, 3.05) is 6.61 Å². The van der Waals surface area contributed by atoms with Crippen molar-refractivity contribution in [3.63, 3.8) is 0 Å². The van der Waals surface area contributed by atoms with Crippen LogP contribution in [0.15, 0.2) is 60.7 Å². The van der Waals surface area contributed by atoms with E-state index in [2.05, 4.69) is 5.32 Å². The van der Waals surface area contributed by atoms with Crippen LogP contribution in [0.5, 0.6) is 5.75 Å². The molecule has 0 radical (unpaired) electrons. The van der Waals surface area contributed by atoms with Crippen LogP contribution in [0.25, 0.3) is 11.1 Å². The third kappa shape index (κ3) is 5.48. The van der Waals surface area contributed by atoms with Crippen molar-refractivity contribution in [3.8, 4) is 16.9 Å². The number of carbonyl (C=O) groups is 2. The van der Waals surface area contributed by atoms with Gasteiger partial charge in [-0.1, -0.05) is 31.2 Å². The first kappa shape index (κ1) is 22.0. The van der Waals surface area contributed by atoms with Crippen molar-refractivity contribution in [1.82, 2.24) is 5.32 Å². The van der Waals surface area contributed by atoms with Crippen LogP contribution < -0.4 is 10.1 Å². The summed E-state index contributed by atoms with van der Waals surface area (Å²) in [6.45, 7) is 4.40. The van der Waals surface area contributed by atoms with Crippen LogP contribution in [-0.2, 0) is 6.54 Å². The van der Waals surface area contributed by atoms with Crippen LogP contribution in [0.3, 0.4) is 0 Å². The number of carboxylic acids is 1. The number of hydrogen-bond acceptors (Lipinski definition) is 3. The number of ether oxygens (including phenoxy) is 1. The number of aromatic carboxylic acids is 1. The standard InChI is InChI=1S/C25H24FNO4/c1-3-11-31-23-10-8-18(17-5-4-6-19(13-17)25(29)30)14-20(23)15-27-24(28)21-9-7-16(2)12-22(21)26/h4-10,12-14H,3,11,15H2,1-2H3,(H,27,28)(H,29,30). The molecule has 0 saturated carbocycles. The van der Waals surface area contributed by atoms with Gasteiger partial charge in [-0.15, -0.1) is 0 Å². The lowest BCUT2D eigenvalue weighted by Gasteiger charge is -2.14. The summed E-state index contributed by atoms with van der Waals surface area (Å²) in [5, 5.41) is 12.0. The maximum Gasteiger partial charge on any atom is 0.335 e. The molecule has 5 nitrogen and oxygen atoms in total. The number of amides is 1. The minimum atomic E-state index is -1.00. The molecule has 3 aromatic rings. The molecule has 0 aliphatic carbocycles. The van der Waals surface area contributed by atoms with E-state index in [0.29, 0.717) is 17.9 Å². The Kier molecular flexibility index (Phi) is 7.03. The van der Waals surface area contributed by atoms with Crippen molar-refractivity contribution in [3.05, 3.63) is 88.7 Å². The fourth-order valence-corrected chi connectivity index (χ4v) is 3.16. The normalized spacial score (nSPS) is 10.5. The fourth-order valence-electron chi connectivity index (χ4n) is 3.16. The van der Waals surface area contributed by atoms with E-state index in [9.17, 15) is 19.1 Å². The Hall–Kier alpha value is -3.67. The number of hydrogen-bond donors (Lipinski definition) is 2. The Morgan fingerprint density at radius 3 is 2.52 bits per heavy atom. The lowest BCUT2D eigenvalue weighted by molar-refractivity contribution is 0.0696. The van der Waals surface area contributed by atoms with Gasteiger partial charge in [0, 0.05) is 12.1 Å². The molecule has 0 bridgehead atoms. The summed E-state index contributed by atoms with van der Waals surface area (Å²) in [7, 11) is 0. The summed E-state index contributed by atoms with van der Waals surface area (Å²) < 4.78 is 19.9. The number of aryl methyl sites for hydroxylation is 1. The Morgan fingerprint density at radius 1 is 1.03 bits per heavy atom. The SMILES string of the molecule is CCCOc1ccc(-c2cccc(C(=O)O)c2)cc1CNC(=O)c1ccc(C)cc1F. The first-order chi connectivity index (χ1) is 14.9. The van der Waals surface area contributed by atoms with E-state index in [-0.39, 0.29) is 17.7 Å². The minimum Gasteiger partial charge on any atom is -0.493 e. The average Bonchev–Trinajstić information content (AvgIpc) is 2.76. The predicted octanol–water partition coefficient (Wildman–Crippen LogP) is 5.22. The maximum atomic E-state index is 14.1. The number of benzene rings is 3. The first-order valence-electron chi connectivity index (χ1n) is 10.0. The molecular weight excluding hydrogens is 397 g/mol. The van der Waals surface area contributed by atoms with Gasteiger partial charge in [-0.05, 0) is 66.4 Å². The summed E-state index contributed by atoms with van der Waals surface area (Å²) in [5.74, 6) is -1.47. The monoisotopic (exact) mass is 421 g/mol. The van der Waals surface area contributed by atoms with E-state index >= 15 is 0 Å². The molecule has 160 valence electrons. The van der Waals surface area contributed by atoms with Crippen molar-refractivity contribution >= 4 is 11.9 Å². The van der Waals surface area contributed by atoms with Crippen LogP contribution in [0.4, 0.5) is 4.39 Å². The highest BCUT2D eigenvalue weighted by Gasteiger charge is 2.14. The van der Waals surface area contributed by atoms with Crippen molar-refractivity contribution in [1.29, 1.82) is 0 Å². The third-order valence-corrected chi connectivity index (χ3v) is 4.77. The Labute approximate surface area is 180 Å². The molecule has 0 unspecified atom stereocenters. The highest BCUT2D eigenvalue weighted by Crippen LogP contribution is 2.28. The molecular formula is C25H24FNO4. The number of nitrogens with one attached hydrogen (secondary N) is 1. The molecule has 3 rings (SSSR count). The summed E-state index contributed by atoms with van der Waals surface area (Å²) in [6.07, 6.45) is 0.822. The van der Waals surface area contributed by atoms with Gasteiger partial charge in [0.1, 0.15) is 11.6 Å². The molecule has 0 aromatic heterocycles. The Bertz CT molecular complexity index is 1110. The van der Waals surface area contributed by atoms with Gasteiger partial charge in [-0.25, -0.2) is 9.18 Å². The maximum absolute atomic E-state index is 14.1. The third-order valence-electron chi connectivity index (χ3n) is 4.77. The van der Waals surface area contributed by atoms with Crippen molar-refractivity contribution in [2.45, 2.75) is 26.8 Å². The molecule has 0 aliphatic heterocycles. The van der Waals surface area contributed by atoms with Crippen LogP contribution in [-0.4, -0.2) is 23.6 Å². The molecule has 6 heteroatoms. The van der Waals surface area contributed by atoms with Gasteiger partial charge >= 0.3 is 5.97 Å². The van der Waals surface area contributed by atoms with Gasteiger partial charge in [-0.3, -0.25) is 4.79 Å². The lowest BCUT2D eigenvalue weighted by Crippen LogP contribution is -2.24. The van der Waals surface area contributed by atoms with Gasteiger partial charge in [0.2, 0.25) is 0 Å². The first-order valence-corrected chi connectivity index (χ1v) is 10.0. The molecule has 0 spiro atoms. The van der Waals surface area contributed by atoms with Crippen LogP contribution in [0, 0.1) is 12.7 Å². The quantitative estimate of drug-likeness (QED) is 0.523. The molecule has 1 amide bonds. The van der Waals surface area contributed by atoms with Gasteiger partial charge < -0.3 is 15.2 Å². The largest absolute Gasteiger partial charge is 0.493 e. The number of carboxylic acid groups (broad SMARTS) is 1. The predicted molar refractivity (Wildman–Crippen MR) is 117 cm³/mol. The number of halogens is 1. The number of rotatable bonds is 8. The van der Waals surface area contributed by atoms with Gasteiger partial charge in [0.25, 0.3) is 5.91 Å². The fraction of sp³-hybridized carbons (Fsp3) is 0.200. The summed E-state index contributed by atoms with van der Waals surface area (Å²) in [6, 6.07) is 16.6. The zero-order chi connectivity index (χ0) is 22.4. The molecule has 31 heavy (non-hydrogen) atoms. The molecule has 0 atom stereocenters. The summed E-state index contributed by atoms with van der Waals surface area (Å²) >= 11 is 0. The highest BCUT2D eigenvalue weighted by atomic mass is 19.1. The van der Waals surface area contributed by atoms with Crippen molar-refractivity contribution < 1.29 is 23.8 Å². The van der Waals surface area contributed by atoms with Crippen LogP contribution >= 0.6 is 0 Å². The smallest absolute Gasteiger partial charge is 0.335 e. The molecule has 0 fully saturated rings. The highest BCUT2D eigenvalue weighted by molar-refractivity contribution is 5.94. The molecule has 2 N–H and O–H groups in total. The second kappa shape index (κ2) is 9.89. The molecule has 0 saturated heterocycles. The van der Waals surface area contributed by atoms with Gasteiger partial charge in [0.05, 0.1) is 17.7 Å². The van der Waals surface area contributed by atoms with E-state index in [1.807, 2.05) is 25.1 Å². The van der Waals surface area contributed by atoms with Crippen LogP contribution in [0.2, 0.25) is 0 Å². The van der Waals surface area contributed by atoms with E-state index in [1.165, 1.54) is 18.2 Å². The zero-order valence-corrected chi connectivity index (χ0v) is 17.4. The van der Waals surface area contributed by atoms with Gasteiger partial charge in [0.15, 0.2) is 0 Å². The van der Waals surface area contributed by atoms with Crippen molar-refractivity contribution in [2.24, 2.45) is 0 Å². The lowest BCUT2D eigenvalue weighted by atomic mass is 10.0. The second-order valence-corrected chi connectivity index (χ2v) is 7.22. The van der Waals surface area contributed by atoms with E-state index in [4.69, 9.17) is 4.74 Å². The molecule has 3 aromatic carbocycles. The number of carbonyl (C=O) groups excluding carboxylic acids is 1. The van der Waals surface area contributed by atoms with Crippen LogP contribution in [0.1, 0.15) is 45.2 Å². The molecule has 0 aliphatic rings.